The highest BCUT2D eigenvalue weighted by Gasteiger charge is 2.30. The van der Waals surface area contributed by atoms with Crippen LogP contribution < -0.4 is 4.90 Å². The lowest BCUT2D eigenvalue weighted by atomic mass is 9.79. The lowest BCUT2D eigenvalue weighted by molar-refractivity contribution is -0.124. The summed E-state index contributed by atoms with van der Waals surface area (Å²) < 4.78 is 0. The summed E-state index contributed by atoms with van der Waals surface area (Å²) in [5.74, 6) is 1.29. The molecule has 0 bridgehead atoms. The molecular weight excluding hydrogens is 466 g/mol. The summed E-state index contributed by atoms with van der Waals surface area (Å²) in [6.07, 6.45) is 19.2. The molecule has 1 aromatic rings. The Morgan fingerprint density at radius 2 is 1.97 bits per heavy atom. The predicted molar refractivity (Wildman–Crippen MR) is 151 cm³/mol. The van der Waals surface area contributed by atoms with Gasteiger partial charge in [-0.25, -0.2) is 0 Å². The molecule has 0 spiro atoms. The molecule has 0 aromatic heterocycles. The number of fused-ring (bicyclic) bond motifs is 1. The number of hydrogen-bond donors (Lipinski definition) is 0. The Morgan fingerprint density at radius 3 is 2.78 bits per heavy atom. The van der Waals surface area contributed by atoms with E-state index in [4.69, 9.17) is 16.6 Å². The number of benzene rings is 1. The summed E-state index contributed by atoms with van der Waals surface area (Å²) in [5, 5.41) is 0.769. The minimum absolute atomic E-state index is 0.219. The molecule has 4 nitrogen and oxygen atoms in total. The summed E-state index contributed by atoms with van der Waals surface area (Å²) in [5.41, 5.74) is 5.74. The predicted octanol–water partition coefficient (Wildman–Crippen LogP) is 6.99. The molecule has 2 fully saturated rings. The quantitative estimate of drug-likeness (QED) is 0.418. The van der Waals surface area contributed by atoms with E-state index in [1.807, 2.05) is 6.07 Å². The highest BCUT2D eigenvalue weighted by molar-refractivity contribution is 6.34. The van der Waals surface area contributed by atoms with E-state index >= 15 is 0 Å². The Balaban J connectivity index is 1.21. The third kappa shape index (κ3) is 5.86. The molecule has 2 unspecified atom stereocenters. The number of Topliss-reactive ketones (excluding diaryl/α,β-unsaturated/α-hetero) is 1. The number of rotatable bonds is 6. The van der Waals surface area contributed by atoms with Crippen molar-refractivity contribution in [1.29, 1.82) is 0 Å². The van der Waals surface area contributed by atoms with Gasteiger partial charge in [0.15, 0.2) is 0 Å². The highest BCUT2D eigenvalue weighted by Crippen LogP contribution is 2.35. The zero-order valence-corrected chi connectivity index (χ0v) is 22.6. The van der Waals surface area contributed by atoms with Crippen molar-refractivity contribution in [3.05, 3.63) is 64.4 Å². The molecule has 5 heteroatoms. The third-order valence-electron chi connectivity index (χ3n) is 8.65. The number of carbonyl (C=O) groups is 1. The fourth-order valence-electron chi connectivity index (χ4n) is 6.40. The Morgan fingerprint density at radius 1 is 1.14 bits per heavy atom. The first kappa shape index (κ1) is 25.5. The van der Waals surface area contributed by atoms with Gasteiger partial charge in [-0.05, 0) is 95.2 Å². The topological polar surface area (TPSA) is 35.9 Å². The normalized spacial score (nSPS) is 25.1. The second-order valence-corrected chi connectivity index (χ2v) is 11.7. The van der Waals surface area contributed by atoms with E-state index in [1.165, 1.54) is 36.9 Å². The molecule has 36 heavy (non-hydrogen) atoms. The maximum Gasteiger partial charge on any atom is 0.136 e. The molecule has 0 N–H and O–H groups in total. The molecule has 2 aliphatic heterocycles. The largest absolute Gasteiger partial charge is 0.371 e. The van der Waals surface area contributed by atoms with Gasteiger partial charge in [-0.2, -0.15) is 0 Å². The number of hydrogen-bond acceptors (Lipinski definition) is 4. The Kier molecular flexibility index (Phi) is 8.12. The summed E-state index contributed by atoms with van der Waals surface area (Å²) in [7, 11) is 4.35. The van der Waals surface area contributed by atoms with Crippen LogP contribution in [0.4, 0.5) is 5.69 Å². The van der Waals surface area contributed by atoms with Crippen molar-refractivity contribution < 1.29 is 4.79 Å². The van der Waals surface area contributed by atoms with Gasteiger partial charge in [-0.3, -0.25) is 9.79 Å². The van der Waals surface area contributed by atoms with Crippen LogP contribution in [0.5, 0.6) is 0 Å². The summed E-state index contributed by atoms with van der Waals surface area (Å²) in [4.78, 5) is 22.9. The number of halogens is 1. The fourth-order valence-corrected chi connectivity index (χ4v) is 6.62. The molecule has 4 aliphatic rings. The van der Waals surface area contributed by atoms with E-state index in [0.29, 0.717) is 17.7 Å². The van der Waals surface area contributed by atoms with Crippen molar-refractivity contribution in [3.8, 4) is 0 Å². The Labute approximate surface area is 221 Å². The van der Waals surface area contributed by atoms with Crippen LogP contribution in [0, 0.1) is 11.8 Å². The van der Waals surface area contributed by atoms with Gasteiger partial charge in [-0.1, -0.05) is 42.3 Å². The van der Waals surface area contributed by atoms with Gasteiger partial charge in [0.25, 0.3) is 0 Å². The average Bonchev–Trinajstić information content (AvgIpc) is 3.14. The second-order valence-electron chi connectivity index (χ2n) is 11.2. The number of anilines is 1. The number of ketones is 1. The zero-order valence-electron chi connectivity index (χ0n) is 21.9. The molecular formula is C31H40ClN3O. The summed E-state index contributed by atoms with van der Waals surface area (Å²) >= 11 is 6.67. The first-order valence-corrected chi connectivity index (χ1v) is 14.2. The summed E-state index contributed by atoms with van der Waals surface area (Å²) in [6.45, 7) is 1.86. The zero-order chi connectivity index (χ0) is 25.1. The fraction of sp³-hybridized carbons (Fsp3) is 0.548. The standard InChI is InChI=1S/C31H40ClN3O/c1-34(2)25-9-6-7-22(19-25)20-31(36)24-15-17-35(18-16-24)26-12-13-28(32)27(21-26)30-14-11-23-8-4-3-5-10-29(23)33-30/h3-4,8,10,12-13,21-22,24-25H,5-7,9,11,14-20H2,1-2H3. The van der Waals surface area contributed by atoms with Crippen LogP contribution in [0.15, 0.2) is 58.8 Å². The van der Waals surface area contributed by atoms with Crippen LogP contribution in [0.3, 0.4) is 0 Å². The highest BCUT2D eigenvalue weighted by atomic mass is 35.5. The van der Waals surface area contributed by atoms with Gasteiger partial charge in [0.05, 0.1) is 11.4 Å². The van der Waals surface area contributed by atoms with Crippen LogP contribution in [0.1, 0.15) is 69.8 Å². The molecule has 1 aromatic carbocycles. The molecule has 2 heterocycles. The molecule has 2 atom stereocenters. The van der Waals surface area contributed by atoms with Crippen LogP contribution in [0.25, 0.3) is 0 Å². The lowest BCUT2D eigenvalue weighted by Gasteiger charge is -2.36. The number of allylic oxidation sites excluding steroid dienone is 5. The number of carbonyl (C=O) groups excluding carboxylic acids is 1. The van der Waals surface area contributed by atoms with E-state index in [0.717, 1.165) is 73.6 Å². The van der Waals surface area contributed by atoms with Crippen molar-refractivity contribution >= 4 is 28.8 Å². The minimum Gasteiger partial charge on any atom is -0.371 e. The maximum absolute atomic E-state index is 13.2. The molecule has 192 valence electrons. The van der Waals surface area contributed by atoms with Crippen molar-refractivity contribution in [3.63, 3.8) is 0 Å². The monoisotopic (exact) mass is 505 g/mol. The smallest absolute Gasteiger partial charge is 0.136 e. The molecule has 0 radical (unpaired) electrons. The van der Waals surface area contributed by atoms with Gasteiger partial charge >= 0.3 is 0 Å². The Hall–Kier alpha value is -2.17. The van der Waals surface area contributed by atoms with E-state index in [1.54, 1.807) is 0 Å². The Bertz CT molecular complexity index is 1090. The third-order valence-corrected chi connectivity index (χ3v) is 8.98. The van der Waals surface area contributed by atoms with E-state index < -0.39 is 0 Å². The first-order valence-electron chi connectivity index (χ1n) is 13.9. The van der Waals surface area contributed by atoms with Crippen molar-refractivity contribution in [2.45, 2.75) is 70.3 Å². The van der Waals surface area contributed by atoms with Gasteiger partial charge in [-0.15, -0.1) is 0 Å². The van der Waals surface area contributed by atoms with Gasteiger partial charge in [0.2, 0.25) is 0 Å². The number of aliphatic imine (C=N–C) groups is 1. The van der Waals surface area contributed by atoms with Gasteiger partial charge in [0.1, 0.15) is 5.78 Å². The van der Waals surface area contributed by atoms with E-state index in [2.05, 4.69) is 60.3 Å². The lowest BCUT2D eigenvalue weighted by Crippen LogP contribution is -2.38. The molecule has 0 amide bonds. The molecule has 1 saturated carbocycles. The van der Waals surface area contributed by atoms with Crippen molar-refractivity contribution in [2.24, 2.45) is 16.8 Å². The molecule has 1 saturated heterocycles. The van der Waals surface area contributed by atoms with Crippen LogP contribution >= 0.6 is 11.6 Å². The van der Waals surface area contributed by atoms with Crippen LogP contribution in [-0.2, 0) is 4.79 Å². The minimum atomic E-state index is 0.219. The van der Waals surface area contributed by atoms with Crippen LogP contribution in [-0.4, -0.2) is 49.6 Å². The van der Waals surface area contributed by atoms with E-state index in [-0.39, 0.29) is 5.92 Å². The van der Waals surface area contributed by atoms with Crippen LogP contribution in [0.2, 0.25) is 5.02 Å². The number of piperidine rings is 1. The number of nitrogens with zero attached hydrogens (tertiary/aromatic N) is 3. The van der Waals surface area contributed by atoms with Gasteiger partial charge < -0.3 is 9.80 Å². The molecule has 5 rings (SSSR count). The molecule has 2 aliphatic carbocycles. The van der Waals surface area contributed by atoms with Crippen molar-refractivity contribution in [2.75, 3.05) is 32.1 Å². The summed E-state index contributed by atoms with van der Waals surface area (Å²) in [6, 6.07) is 7.01. The average molecular weight is 506 g/mol. The second kappa shape index (κ2) is 11.5. The first-order chi connectivity index (χ1) is 17.5. The maximum atomic E-state index is 13.2. The SMILES string of the molecule is CN(C)C1CCCC(CC(=O)C2CCN(c3ccc(Cl)c(C4=NC5=CCC=CC=C5CC4)c3)CC2)C1. The van der Waals surface area contributed by atoms with Gasteiger partial charge in [0, 0.05) is 47.7 Å². The van der Waals surface area contributed by atoms with Crippen molar-refractivity contribution in [1.82, 2.24) is 4.90 Å². The van der Waals surface area contributed by atoms with E-state index in [9.17, 15) is 4.79 Å².